The van der Waals surface area contributed by atoms with E-state index < -0.39 is 0 Å². The number of hydrogen-bond acceptors (Lipinski definition) is 4. The third kappa shape index (κ3) is 2.73. The molecule has 0 aliphatic heterocycles. The van der Waals surface area contributed by atoms with Crippen LogP contribution < -0.4 is 0 Å². The van der Waals surface area contributed by atoms with Crippen molar-refractivity contribution in [3.63, 3.8) is 0 Å². The van der Waals surface area contributed by atoms with Gasteiger partial charge < -0.3 is 4.90 Å². The minimum Gasteiger partial charge on any atom is -0.332 e. The van der Waals surface area contributed by atoms with Crippen molar-refractivity contribution in [2.24, 2.45) is 5.92 Å². The Labute approximate surface area is 124 Å². The van der Waals surface area contributed by atoms with E-state index in [1.165, 1.54) is 37.2 Å². The SMILES string of the molecule is CCc1nnsc1C(=O)N(C1CCC(C)CC1)C1CC1. The maximum atomic E-state index is 12.9. The van der Waals surface area contributed by atoms with Crippen molar-refractivity contribution in [1.29, 1.82) is 0 Å². The Morgan fingerprint density at radius 1 is 1.20 bits per heavy atom. The molecule has 3 rings (SSSR count). The molecule has 2 aliphatic rings. The molecule has 0 unspecified atom stereocenters. The molecule has 0 radical (unpaired) electrons. The number of amides is 1. The molecule has 0 aromatic carbocycles. The van der Waals surface area contributed by atoms with Crippen LogP contribution in [0.4, 0.5) is 0 Å². The van der Waals surface area contributed by atoms with Crippen LogP contribution >= 0.6 is 11.5 Å². The van der Waals surface area contributed by atoms with Gasteiger partial charge in [0.2, 0.25) is 0 Å². The number of carbonyl (C=O) groups excluding carboxylic acids is 1. The van der Waals surface area contributed by atoms with Crippen LogP contribution in [0, 0.1) is 5.92 Å². The van der Waals surface area contributed by atoms with Crippen LogP contribution in [-0.2, 0) is 6.42 Å². The number of hydrogen-bond donors (Lipinski definition) is 0. The minimum atomic E-state index is 0.193. The van der Waals surface area contributed by atoms with E-state index in [2.05, 4.69) is 21.4 Å². The molecular formula is C15H23N3OS. The summed E-state index contributed by atoms with van der Waals surface area (Å²) in [6, 6.07) is 0.922. The molecule has 0 saturated heterocycles. The molecule has 4 nitrogen and oxygen atoms in total. The van der Waals surface area contributed by atoms with Crippen molar-refractivity contribution < 1.29 is 4.79 Å². The lowest BCUT2D eigenvalue weighted by atomic mass is 9.86. The molecule has 0 spiro atoms. The molecule has 2 saturated carbocycles. The van der Waals surface area contributed by atoms with E-state index in [0.29, 0.717) is 12.1 Å². The van der Waals surface area contributed by atoms with E-state index in [-0.39, 0.29) is 5.91 Å². The first-order valence-electron chi connectivity index (χ1n) is 7.84. The lowest BCUT2D eigenvalue weighted by molar-refractivity contribution is 0.0597. The van der Waals surface area contributed by atoms with E-state index in [1.807, 2.05) is 6.92 Å². The van der Waals surface area contributed by atoms with Gasteiger partial charge in [-0.1, -0.05) is 18.3 Å². The molecule has 0 atom stereocenters. The monoisotopic (exact) mass is 293 g/mol. The second kappa shape index (κ2) is 5.80. The Balaban J connectivity index is 1.78. The van der Waals surface area contributed by atoms with Crippen LogP contribution in [0.5, 0.6) is 0 Å². The first kappa shape index (κ1) is 14.0. The average Bonchev–Trinajstić information content (AvgIpc) is 3.17. The largest absolute Gasteiger partial charge is 0.332 e. The van der Waals surface area contributed by atoms with E-state index in [0.717, 1.165) is 35.8 Å². The third-order valence-corrected chi connectivity index (χ3v) is 5.39. The Bertz CT molecular complexity index is 475. The van der Waals surface area contributed by atoms with E-state index in [4.69, 9.17) is 0 Å². The summed E-state index contributed by atoms with van der Waals surface area (Å²) in [5, 5.41) is 4.10. The van der Waals surface area contributed by atoms with Gasteiger partial charge in [0.15, 0.2) is 0 Å². The number of rotatable bonds is 4. The van der Waals surface area contributed by atoms with Crippen molar-refractivity contribution >= 4 is 17.4 Å². The smallest absolute Gasteiger partial charge is 0.268 e. The van der Waals surface area contributed by atoms with Crippen molar-refractivity contribution in [1.82, 2.24) is 14.5 Å². The number of aromatic nitrogens is 2. The zero-order valence-electron chi connectivity index (χ0n) is 12.3. The highest BCUT2D eigenvalue weighted by molar-refractivity contribution is 7.08. The van der Waals surface area contributed by atoms with Crippen molar-refractivity contribution in [2.75, 3.05) is 0 Å². The van der Waals surface area contributed by atoms with Crippen LogP contribution in [0.3, 0.4) is 0 Å². The van der Waals surface area contributed by atoms with E-state index in [9.17, 15) is 4.79 Å². The molecule has 2 fully saturated rings. The molecular weight excluding hydrogens is 270 g/mol. The highest BCUT2D eigenvalue weighted by Gasteiger charge is 2.39. The van der Waals surface area contributed by atoms with Gasteiger partial charge in [-0.3, -0.25) is 4.79 Å². The topological polar surface area (TPSA) is 46.1 Å². The number of nitrogens with zero attached hydrogens (tertiary/aromatic N) is 3. The molecule has 1 amide bonds. The summed E-state index contributed by atoms with van der Waals surface area (Å²) in [5.41, 5.74) is 0.870. The lowest BCUT2D eigenvalue weighted by Crippen LogP contribution is -2.43. The van der Waals surface area contributed by atoms with Crippen molar-refractivity contribution in [2.45, 2.75) is 70.9 Å². The summed E-state index contributed by atoms with van der Waals surface area (Å²) in [6.45, 7) is 4.36. The van der Waals surface area contributed by atoms with Gasteiger partial charge in [-0.05, 0) is 62.4 Å². The molecule has 20 heavy (non-hydrogen) atoms. The number of carbonyl (C=O) groups is 1. The summed E-state index contributed by atoms with van der Waals surface area (Å²) in [7, 11) is 0. The fourth-order valence-electron chi connectivity index (χ4n) is 3.22. The molecule has 5 heteroatoms. The summed E-state index contributed by atoms with van der Waals surface area (Å²) in [5.74, 6) is 1.01. The van der Waals surface area contributed by atoms with Crippen LogP contribution in [0.25, 0.3) is 0 Å². The average molecular weight is 293 g/mol. The van der Waals surface area contributed by atoms with Gasteiger partial charge in [-0.2, -0.15) is 0 Å². The first-order chi connectivity index (χ1) is 9.70. The highest BCUT2D eigenvalue weighted by atomic mass is 32.1. The van der Waals surface area contributed by atoms with Crippen LogP contribution in [0.15, 0.2) is 0 Å². The molecule has 110 valence electrons. The Morgan fingerprint density at radius 3 is 2.35 bits per heavy atom. The van der Waals surface area contributed by atoms with E-state index >= 15 is 0 Å². The van der Waals surface area contributed by atoms with E-state index in [1.54, 1.807) is 0 Å². The van der Waals surface area contributed by atoms with Crippen molar-refractivity contribution in [3.05, 3.63) is 10.6 Å². The first-order valence-corrected chi connectivity index (χ1v) is 8.62. The van der Waals surface area contributed by atoms with Gasteiger partial charge in [0.25, 0.3) is 5.91 Å². The van der Waals surface area contributed by atoms with Gasteiger partial charge in [-0.15, -0.1) is 5.10 Å². The third-order valence-electron chi connectivity index (χ3n) is 4.64. The molecule has 1 aromatic rings. The Morgan fingerprint density at radius 2 is 1.80 bits per heavy atom. The zero-order chi connectivity index (χ0) is 14.1. The van der Waals surface area contributed by atoms with Gasteiger partial charge >= 0.3 is 0 Å². The molecule has 2 aliphatic carbocycles. The molecule has 0 bridgehead atoms. The quantitative estimate of drug-likeness (QED) is 0.856. The second-order valence-electron chi connectivity index (χ2n) is 6.26. The highest BCUT2D eigenvalue weighted by Crippen LogP contribution is 2.36. The summed E-state index contributed by atoms with van der Waals surface area (Å²) >= 11 is 1.27. The van der Waals surface area contributed by atoms with Gasteiger partial charge in [0, 0.05) is 12.1 Å². The summed E-state index contributed by atoms with van der Waals surface area (Å²) in [6.07, 6.45) is 7.97. The van der Waals surface area contributed by atoms with Crippen LogP contribution in [0.2, 0.25) is 0 Å². The normalized spacial score (nSPS) is 26.5. The van der Waals surface area contributed by atoms with Crippen molar-refractivity contribution in [3.8, 4) is 0 Å². The van der Waals surface area contributed by atoms with Gasteiger partial charge in [0.05, 0.1) is 5.69 Å². The predicted octanol–water partition coefficient (Wildman–Crippen LogP) is 3.28. The summed E-state index contributed by atoms with van der Waals surface area (Å²) < 4.78 is 3.98. The fourth-order valence-corrected chi connectivity index (χ4v) is 3.92. The Kier molecular flexibility index (Phi) is 4.06. The lowest BCUT2D eigenvalue weighted by Gasteiger charge is -2.36. The molecule has 0 N–H and O–H groups in total. The van der Waals surface area contributed by atoms with Gasteiger partial charge in [-0.25, -0.2) is 0 Å². The Hall–Kier alpha value is -0.970. The molecule has 1 aromatic heterocycles. The summed E-state index contributed by atoms with van der Waals surface area (Å²) in [4.78, 5) is 15.9. The van der Waals surface area contributed by atoms with Crippen LogP contribution in [0.1, 0.15) is 67.7 Å². The van der Waals surface area contributed by atoms with Gasteiger partial charge in [0.1, 0.15) is 4.88 Å². The maximum Gasteiger partial charge on any atom is 0.268 e. The maximum absolute atomic E-state index is 12.9. The number of aryl methyl sites for hydroxylation is 1. The zero-order valence-corrected chi connectivity index (χ0v) is 13.2. The fraction of sp³-hybridized carbons (Fsp3) is 0.800. The molecule has 1 heterocycles. The second-order valence-corrected chi connectivity index (χ2v) is 7.01. The minimum absolute atomic E-state index is 0.193. The van der Waals surface area contributed by atoms with Crippen LogP contribution in [-0.4, -0.2) is 32.5 Å². The standard InChI is InChI=1S/C15H23N3OS/c1-3-13-14(20-17-16-13)15(19)18(12-8-9-12)11-6-4-10(2)5-7-11/h10-12H,3-9H2,1-2H3. The predicted molar refractivity (Wildman–Crippen MR) is 79.9 cm³/mol.